The van der Waals surface area contributed by atoms with Crippen molar-refractivity contribution in [2.45, 2.75) is 0 Å². The lowest BCUT2D eigenvalue weighted by molar-refractivity contribution is -0.385. The number of hydrogen-bond donors (Lipinski definition) is 1. The second kappa shape index (κ2) is 8.93. The smallest absolute Gasteiger partial charge is 0.276 e. The molecule has 10 heteroatoms. The number of nitrogens with one attached hydrogen (secondary N) is 1. The Hall–Kier alpha value is -3.79. The van der Waals surface area contributed by atoms with E-state index in [-0.39, 0.29) is 5.69 Å². The highest BCUT2D eigenvalue weighted by molar-refractivity contribution is 7.71. The number of nitro benzene ring substituents is 1. The Morgan fingerprint density at radius 2 is 1.97 bits per heavy atom. The van der Waals surface area contributed by atoms with Gasteiger partial charge < -0.3 is 9.47 Å². The van der Waals surface area contributed by atoms with Gasteiger partial charge in [-0.25, -0.2) is 5.10 Å². The SMILES string of the molecule is COc1ccc(-c2n[nH]c(=S)n2/N=C/C=C/c2ccccc2[N+](=O)[O-])cc1OC. The summed E-state index contributed by atoms with van der Waals surface area (Å²) in [5.74, 6) is 1.62. The molecule has 0 aliphatic carbocycles. The van der Waals surface area contributed by atoms with Gasteiger partial charge in [-0.2, -0.15) is 14.9 Å². The van der Waals surface area contributed by atoms with Gasteiger partial charge in [0.05, 0.1) is 24.7 Å². The Bertz CT molecular complexity index is 1150. The number of methoxy groups -OCH3 is 2. The van der Waals surface area contributed by atoms with Gasteiger partial charge in [0.15, 0.2) is 17.3 Å². The van der Waals surface area contributed by atoms with E-state index in [0.717, 1.165) is 5.56 Å². The second-order valence-electron chi connectivity index (χ2n) is 5.67. The molecule has 0 aliphatic heterocycles. The van der Waals surface area contributed by atoms with E-state index in [0.29, 0.717) is 27.7 Å². The lowest BCUT2D eigenvalue weighted by Gasteiger charge is -2.08. The van der Waals surface area contributed by atoms with Crippen molar-refractivity contribution < 1.29 is 14.4 Å². The van der Waals surface area contributed by atoms with Crippen LogP contribution in [0.2, 0.25) is 0 Å². The minimum absolute atomic E-state index is 0.0167. The molecule has 0 saturated carbocycles. The van der Waals surface area contributed by atoms with Crippen molar-refractivity contribution in [3.63, 3.8) is 0 Å². The summed E-state index contributed by atoms with van der Waals surface area (Å²) in [5, 5.41) is 22.3. The number of para-hydroxylation sites is 1. The summed E-state index contributed by atoms with van der Waals surface area (Å²) < 4.78 is 12.3. The number of allylic oxidation sites excluding steroid dienone is 1. The lowest BCUT2D eigenvalue weighted by Crippen LogP contribution is -1.96. The molecule has 1 N–H and O–H groups in total. The summed E-state index contributed by atoms with van der Waals surface area (Å²) in [4.78, 5) is 10.6. The molecule has 0 fully saturated rings. The number of nitrogens with zero attached hydrogens (tertiary/aromatic N) is 4. The van der Waals surface area contributed by atoms with Crippen LogP contribution in [0.3, 0.4) is 0 Å². The van der Waals surface area contributed by atoms with Crippen LogP contribution in [-0.4, -0.2) is 40.2 Å². The third-order valence-corrected chi connectivity index (χ3v) is 4.23. The van der Waals surface area contributed by atoms with E-state index in [4.69, 9.17) is 21.7 Å². The maximum atomic E-state index is 11.1. The number of H-pyrrole nitrogens is 1. The van der Waals surface area contributed by atoms with Gasteiger partial charge in [0.25, 0.3) is 5.69 Å². The van der Waals surface area contributed by atoms with Gasteiger partial charge in [-0.3, -0.25) is 10.1 Å². The third kappa shape index (κ3) is 4.38. The fourth-order valence-corrected chi connectivity index (χ4v) is 2.79. The molecule has 0 bridgehead atoms. The van der Waals surface area contributed by atoms with E-state index in [9.17, 15) is 10.1 Å². The number of nitro groups is 1. The molecule has 2 aromatic carbocycles. The lowest BCUT2D eigenvalue weighted by atomic mass is 10.1. The predicted octanol–water partition coefficient (Wildman–Crippen LogP) is 4.08. The molecule has 0 radical (unpaired) electrons. The molecule has 148 valence electrons. The van der Waals surface area contributed by atoms with E-state index in [1.807, 2.05) is 6.07 Å². The molecule has 0 aliphatic rings. The zero-order valence-electron chi connectivity index (χ0n) is 15.6. The van der Waals surface area contributed by atoms with Crippen molar-refractivity contribution in [1.29, 1.82) is 0 Å². The Balaban J connectivity index is 1.90. The molecule has 0 unspecified atom stereocenters. The quantitative estimate of drug-likeness (QED) is 0.272. The van der Waals surface area contributed by atoms with E-state index < -0.39 is 4.92 Å². The highest BCUT2D eigenvalue weighted by atomic mass is 32.1. The zero-order valence-corrected chi connectivity index (χ0v) is 16.4. The summed E-state index contributed by atoms with van der Waals surface area (Å²) >= 11 is 5.24. The molecule has 1 aromatic heterocycles. The van der Waals surface area contributed by atoms with Crippen LogP contribution in [0.15, 0.2) is 53.6 Å². The summed E-state index contributed by atoms with van der Waals surface area (Å²) in [6.07, 6.45) is 4.67. The second-order valence-corrected chi connectivity index (χ2v) is 6.06. The molecule has 3 aromatic rings. The first-order chi connectivity index (χ1) is 14.0. The number of aromatic amines is 1. The minimum atomic E-state index is -0.432. The molecule has 0 atom stereocenters. The van der Waals surface area contributed by atoms with Gasteiger partial charge in [0.1, 0.15) is 0 Å². The van der Waals surface area contributed by atoms with E-state index in [1.54, 1.807) is 56.7 Å². The predicted molar refractivity (Wildman–Crippen MR) is 112 cm³/mol. The zero-order chi connectivity index (χ0) is 20.8. The van der Waals surface area contributed by atoms with Crippen LogP contribution in [0.25, 0.3) is 17.5 Å². The van der Waals surface area contributed by atoms with Gasteiger partial charge >= 0.3 is 0 Å². The first-order valence-corrected chi connectivity index (χ1v) is 8.80. The Labute approximate surface area is 171 Å². The Morgan fingerprint density at radius 3 is 2.69 bits per heavy atom. The highest BCUT2D eigenvalue weighted by Gasteiger charge is 2.12. The molecule has 0 spiro atoms. The van der Waals surface area contributed by atoms with Crippen LogP contribution in [-0.2, 0) is 0 Å². The van der Waals surface area contributed by atoms with Crippen molar-refractivity contribution in [1.82, 2.24) is 14.9 Å². The monoisotopic (exact) mass is 411 g/mol. The number of ether oxygens (including phenoxy) is 2. The highest BCUT2D eigenvalue weighted by Crippen LogP contribution is 2.31. The van der Waals surface area contributed by atoms with Gasteiger partial charge in [0, 0.05) is 17.8 Å². The van der Waals surface area contributed by atoms with E-state index >= 15 is 0 Å². The standard InChI is InChI=1S/C19H17N5O4S/c1-27-16-10-9-14(12-17(16)28-2)18-21-22-19(29)23(18)20-11-5-7-13-6-3-4-8-15(13)24(25)26/h3-12H,1-2H3,(H,22,29)/b7-5+,20-11+. The topological polar surface area (TPSA) is 108 Å². The van der Waals surface area contributed by atoms with Crippen LogP contribution in [0, 0.1) is 14.9 Å². The Kier molecular flexibility index (Phi) is 6.15. The van der Waals surface area contributed by atoms with E-state index in [2.05, 4.69) is 15.3 Å². The molecule has 29 heavy (non-hydrogen) atoms. The number of aromatic nitrogens is 3. The summed E-state index contributed by atoms with van der Waals surface area (Å²) in [6.45, 7) is 0. The van der Waals surface area contributed by atoms with Crippen LogP contribution in [0.4, 0.5) is 5.69 Å². The van der Waals surface area contributed by atoms with Crippen molar-refractivity contribution in [3.8, 4) is 22.9 Å². The van der Waals surface area contributed by atoms with Crippen molar-refractivity contribution >= 4 is 30.2 Å². The van der Waals surface area contributed by atoms with Crippen molar-refractivity contribution in [2.75, 3.05) is 14.2 Å². The average molecular weight is 411 g/mol. The molecule has 9 nitrogen and oxygen atoms in total. The van der Waals surface area contributed by atoms with Gasteiger partial charge in [-0.1, -0.05) is 12.1 Å². The first-order valence-electron chi connectivity index (χ1n) is 8.39. The number of benzene rings is 2. The molecule has 1 heterocycles. The fraction of sp³-hybridized carbons (Fsp3) is 0.105. The molecule has 3 rings (SSSR count). The molecular weight excluding hydrogens is 394 g/mol. The fourth-order valence-electron chi connectivity index (χ4n) is 2.61. The third-order valence-electron chi connectivity index (χ3n) is 3.97. The molecule has 0 saturated heterocycles. The van der Waals surface area contributed by atoms with Crippen LogP contribution >= 0.6 is 12.2 Å². The molecular formula is C19H17N5O4S. The molecule has 0 amide bonds. The number of rotatable bonds is 7. The first kappa shape index (κ1) is 20.0. The maximum absolute atomic E-state index is 11.1. The maximum Gasteiger partial charge on any atom is 0.276 e. The summed E-state index contributed by atoms with van der Waals surface area (Å²) in [5.41, 5.74) is 1.21. The largest absolute Gasteiger partial charge is 0.493 e. The number of hydrogen-bond acceptors (Lipinski definition) is 7. The van der Waals surface area contributed by atoms with Crippen molar-refractivity contribution in [3.05, 3.63) is 69.0 Å². The normalized spacial score (nSPS) is 11.2. The van der Waals surface area contributed by atoms with Crippen LogP contribution < -0.4 is 9.47 Å². The summed E-state index contributed by atoms with van der Waals surface area (Å²) in [7, 11) is 3.10. The van der Waals surface area contributed by atoms with Gasteiger partial charge in [-0.05, 0) is 48.6 Å². The van der Waals surface area contributed by atoms with Crippen molar-refractivity contribution in [2.24, 2.45) is 5.10 Å². The Morgan fingerprint density at radius 1 is 1.21 bits per heavy atom. The van der Waals surface area contributed by atoms with Crippen LogP contribution in [0.1, 0.15) is 5.56 Å². The summed E-state index contributed by atoms with van der Waals surface area (Å²) in [6, 6.07) is 11.8. The van der Waals surface area contributed by atoms with Gasteiger partial charge in [-0.15, -0.1) is 0 Å². The minimum Gasteiger partial charge on any atom is -0.493 e. The van der Waals surface area contributed by atoms with E-state index in [1.165, 1.54) is 17.0 Å². The average Bonchev–Trinajstić information content (AvgIpc) is 3.11. The van der Waals surface area contributed by atoms with Gasteiger partial charge in [0.2, 0.25) is 4.77 Å². The van der Waals surface area contributed by atoms with Crippen LogP contribution in [0.5, 0.6) is 11.5 Å².